The maximum absolute atomic E-state index is 13.7. The van der Waals surface area contributed by atoms with E-state index in [4.69, 9.17) is 16.7 Å². The summed E-state index contributed by atoms with van der Waals surface area (Å²) in [4.78, 5) is 1.02. The van der Waals surface area contributed by atoms with Crippen molar-refractivity contribution < 1.29 is 12.8 Å². The van der Waals surface area contributed by atoms with Crippen molar-refractivity contribution in [3.05, 3.63) is 76.2 Å². The van der Waals surface area contributed by atoms with Crippen molar-refractivity contribution >= 4 is 33.0 Å². The number of rotatable bonds is 5. The maximum atomic E-state index is 13.7. The zero-order valence-electron chi connectivity index (χ0n) is 14.4. The van der Waals surface area contributed by atoms with Crippen molar-refractivity contribution in [1.29, 1.82) is 0 Å². The second kappa shape index (κ2) is 7.56. The third-order valence-electron chi connectivity index (χ3n) is 4.28. The molecule has 0 bridgehead atoms. The molecule has 140 valence electrons. The minimum Gasteiger partial charge on any atom is -0.225 e. The lowest BCUT2D eigenvalue weighted by atomic mass is 9.93. The van der Waals surface area contributed by atoms with E-state index in [0.29, 0.717) is 16.7 Å². The minimum atomic E-state index is -3.91. The Balaban J connectivity index is 2.35. The van der Waals surface area contributed by atoms with Gasteiger partial charge >= 0.3 is 0 Å². The summed E-state index contributed by atoms with van der Waals surface area (Å²) in [7, 11) is -3.91. The van der Waals surface area contributed by atoms with Crippen LogP contribution in [0.5, 0.6) is 0 Å². The first-order valence-corrected chi connectivity index (χ1v) is 10.9. The monoisotopic (exact) mass is 421 g/mol. The fourth-order valence-electron chi connectivity index (χ4n) is 2.90. The predicted molar refractivity (Wildman–Crippen MR) is 110 cm³/mol. The van der Waals surface area contributed by atoms with Gasteiger partial charge in [0.2, 0.25) is 10.0 Å². The van der Waals surface area contributed by atoms with Crippen LogP contribution in [0.4, 0.5) is 4.39 Å². The fourth-order valence-corrected chi connectivity index (χ4v) is 4.98. The van der Waals surface area contributed by atoms with Gasteiger partial charge in [0.25, 0.3) is 0 Å². The van der Waals surface area contributed by atoms with Gasteiger partial charge in [0.1, 0.15) is 5.82 Å². The standard InChI is InChI=1S/C20H17ClFNO2S2/c1-3-12(2)20-19(13-8-9-17(22)16(21)10-13)15(11-26-20)14-6-4-5-7-18(14)27(23,24)25/h3-12H,1H2,2H3,(H2,23,24,25). The van der Waals surface area contributed by atoms with Crippen LogP contribution in [0.3, 0.4) is 0 Å². The first-order valence-electron chi connectivity index (χ1n) is 8.05. The summed E-state index contributed by atoms with van der Waals surface area (Å²) < 4.78 is 37.8. The number of halogens is 2. The number of benzene rings is 2. The molecule has 3 aromatic rings. The van der Waals surface area contributed by atoms with Gasteiger partial charge in [-0.05, 0) is 29.1 Å². The molecule has 0 fully saturated rings. The zero-order valence-corrected chi connectivity index (χ0v) is 16.8. The highest BCUT2D eigenvalue weighted by atomic mass is 35.5. The Bertz CT molecular complexity index is 1120. The van der Waals surface area contributed by atoms with Gasteiger partial charge < -0.3 is 0 Å². The molecule has 0 spiro atoms. The molecule has 1 heterocycles. The van der Waals surface area contributed by atoms with E-state index in [1.807, 2.05) is 12.3 Å². The van der Waals surface area contributed by atoms with Crippen molar-refractivity contribution in [2.24, 2.45) is 5.14 Å². The molecule has 2 N–H and O–H groups in total. The molecular weight excluding hydrogens is 405 g/mol. The van der Waals surface area contributed by atoms with Crippen molar-refractivity contribution in [2.45, 2.75) is 17.7 Å². The van der Waals surface area contributed by atoms with Crippen LogP contribution in [0.1, 0.15) is 17.7 Å². The SMILES string of the molecule is C=CC(C)c1scc(-c2ccccc2S(N)(=O)=O)c1-c1ccc(F)c(Cl)c1. The number of hydrogen-bond donors (Lipinski definition) is 1. The number of primary sulfonamides is 1. The van der Waals surface area contributed by atoms with E-state index < -0.39 is 15.8 Å². The number of sulfonamides is 1. The highest BCUT2D eigenvalue weighted by molar-refractivity contribution is 7.89. The van der Waals surface area contributed by atoms with E-state index in [9.17, 15) is 12.8 Å². The Morgan fingerprint density at radius 2 is 1.93 bits per heavy atom. The largest absolute Gasteiger partial charge is 0.238 e. The molecule has 0 saturated carbocycles. The molecule has 0 amide bonds. The van der Waals surface area contributed by atoms with Crippen LogP contribution >= 0.6 is 22.9 Å². The number of thiophene rings is 1. The van der Waals surface area contributed by atoms with Crippen LogP contribution in [-0.2, 0) is 10.0 Å². The zero-order chi connectivity index (χ0) is 19.8. The third kappa shape index (κ3) is 3.84. The van der Waals surface area contributed by atoms with E-state index in [1.54, 1.807) is 36.4 Å². The highest BCUT2D eigenvalue weighted by Gasteiger charge is 2.23. The van der Waals surface area contributed by atoms with Gasteiger partial charge in [-0.25, -0.2) is 17.9 Å². The molecule has 1 atom stereocenters. The van der Waals surface area contributed by atoms with Gasteiger partial charge in [-0.2, -0.15) is 0 Å². The summed E-state index contributed by atoms with van der Waals surface area (Å²) in [5.74, 6) is -0.496. The third-order valence-corrected chi connectivity index (χ3v) is 6.72. The predicted octanol–water partition coefficient (Wildman–Crippen LogP) is 5.81. The lowest BCUT2D eigenvalue weighted by molar-refractivity contribution is 0.598. The van der Waals surface area contributed by atoms with Crippen LogP contribution in [0.2, 0.25) is 5.02 Å². The van der Waals surface area contributed by atoms with E-state index >= 15 is 0 Å². The van der Waals surface area contributed by atoms with Gasteiger partial charge in [0.15, 0.2) is 0 Å². The smallest absolute Gasteiger partial charge is 0.225 e. The summed E-state index contributed by atoms with van der Waals surface area (Å²) in [6, 6.07) is 11.0. The normalized spacial score (nSPS) is 12.7. The summed E-state index contributed by atoms with van der Waals surface area (Å²) in [6.07, 6.45) is 1.80. The molecule has 1 unspecified atom stereocenters. The fraction of sp³-hybridized carbons (Fsp3) is 0.100. The van der Waals surface area contributed by atoms with Crippen LogP contribution < -0.4 is 5.14 Å². The second-order valence-electron chi connectivity index (χ2n) is 6.08. The molecular formula is C20H17ClFNO2S2. The Morgan fingerprint density at radius 3 is 2.56 bits per heavy atom. The van der Waals surface area contributed by atoms with Crippen LogP contribution in [-0.4, -0.2) is 8.42 Å². The summed E-state index contributed by atoms with van der Waals surface area (Å²) >= 11 is 7.48. The molecule has 7 heteroatoms. The van der Waals surface area contributed by atoms with Gasteiger partial charge in [-0.3, -0.25) is 0 Å². The number of hydrogen-bond acceptors (Lipinski definition) is 3. The second-order valence-corrected chi connectivity index (χ2v) is 8.93. The van der Waals surface area contributed by atoms with Crippen molar-refractivity contribution in [2.75, 3.05) is 0 Å². The van der Waals surface area contributed by atoms with E-state index in [2.05, 4.69) is 6.58 Å². The lowest BCUT2D eigenvalue weighted by Gasteiger charge is -2.13. The van der Waals surface area contributed by atoms with Gasteiger partial charge in [-0.1, -0.05) is 48.9 Å². The first-order chi connectivity index (χ1) is 12.7. The molecule has 3 nitrogen and oxygen atoms in total. The summed E-state index contributed by atoms with van der Waals surface area (Å²) in [6.45, 7) is 5.84. The Kier molecular flexibility index (Phi) is 5.53. The minimum absolute atomic E-state index is 0.00147. The van der Waals surface area contributed by atoms with Gasteiger partial charge in [-0.15, -0.1) is 17.9 Å². The maximum Gasteiger partial charge on any atom is 0.238 e. The molecule has 0 radical (unpaired) electrons. The first kappa shape index (κ1) is 19.8. The Hall–Kier alpha value is -1.99. The van der Waals surface area contributed by atoms with Crippen LogP contribution in [0.25, 0.3) is 22.3 Å². The summed E-state index contributed by atoms with van der Waals surface area (Å²) in [5, 5.41) is 7.29. The highest BCUT2D eigenvalue weighted by Crippen LogP contribution is 2.45. The lowest BCUT2D eigenvalue weighted by Crippen LogP contribution is -2.13. The van der Waals surface area contributed by atoms with Crippen LogP contribution in [0, 0.1) is 5.82 Å². The van der Waals surface area contributed by atoms with Crippen LogP contribution in [0.15, 0.2) is 65.4 Å². The average molecular weight is 422 g/mol. The molecule has 2 aromatic carbocycles. The average Bonchev–Trinajstić information content (AvgIpc) is 3.07. The molecule has 3 rings (SSSR count). The molecule has 27 heavy (non-hydrogen) atoms. The molecule has 0 aliphatic heterocycles. The van der Waals surface area contributed by atoms with Crippen molar-refractivity contribution in [3.8, 4) is 22.3 Å². The summed E-state index contributed by atoms with van der Waals surface area (Å²) in [5.41, 5.74) is 2.70. The van der Waals surface area contributed by atoms with Gasteiger partial charge in [0.05, 0.1) is 9.92 Å². The molecule has 0 saturated heterocycles. The molecule has 0 aliphatic rings. The molecule has 1 aromatic heterocycles. The van der Waals surface area contributed by atoms with Gasteiger partial charge in [0, 0.05) is 27.5 Å². The van der Waals surface area contributed by atoms with E-state index in [0.717, 1.165) is 10.4 Å². The Labute approximate surface area is 167 Å². The number of nitrogens with two attached hydrogens (primary N) is 1. The van der Waals surface area contributed by atoms with E-state index in [-0.39, 0.29) is 15.8 Å². The molecule has 0 aliphatic carbocycles. The van der Waals surface area contributed by atoms with E-state index in [1.165, 1.54) is 23.5 Å². The number of allylic oxidation sites excluding steroid dienone is 1. The van der Waals surface area contributed by atoms with Crippen molar-refractivity contribution in [1.82, 2.24) is 0 Å². The van der Waals surface area contributed by atoms with Crippen molar-refractivity contribution in [3.63, 3.8) is 0 Å². The quantitative estimate of drug-likeness (QED) is 0.528. The topological polar surface area (TPSA) is 60.2 Å². The Morgan fingerprint density at radius 1 is 1.22 bits per heavy atom.